The Balaban J connectivity index is 3.69. The molecule has 0 aliphatic carbocycles. The Bertz CT molecular complexity index is 144. The normalized spacial score (nSPS) is 15.3. The number of hydrogen-bond acceptors (Lipinski definition) is 3. The number of aliphatic hydroxyl groups excluding tert-OH is 1. The molecule has 0 saturated carbocycles. The maximum Gasteiger partial charge on any atom is 0.179 e. The summed E-state index contributed by atoms with van der Waals surface area (Å²) < 4.78 is 0. The standard InChI is InChI=1S/C8H14O3/c1-3-7(9)5-4-6-8(2,10)11/h3-4,6-7,9-11H,1,5H2,2H3. The van der Waals surface area contributed by atoms with Crippen LogP contribution in [-0.2, 0) is 0 Å². The second-order valence-electron chi connectivity index (χ2n) is 2.54. The van der Waals surface area contributed by atoms with Crippen molar-refractivity contribution >= 4 is 0 Å². The fourth-order valence-electron chi connectivity index (χ4n) is 0.527. The number of hydrogen-bond donors (Lipinski definition) is 3. The van der Waals surface area contributed by atoms with E-state index in [1.807, 2.05) is 0 Å². The highest BCUT2D eigenvalue weighted by Crippen LogP contribution is 2.01. The van der Waals surface area contributed by atoms with E-state index in [2.05, 4.69) is 6.58 Å². The SMILES string of the molecule is C=CC(O)CC=CC(C)(O)O. The summed E-state index contributed by atoms with van der Waals surface area (Å²) in [5.41, 5.74) is 0. The summed E-state index contributed by atoms with van der Waals surface area (Å²) in [5, 5.41) is 26.5. The highest BCUT2D eigenvalue weighted by Gasteiger charge is 2.07. The Labute approximate surface area is 66.3 Å². The lowest BCUT2D eigenvalue weighted by Crippen LogP contribution is -2.18. The van der Waals surface area contributed by atoms with E-state index in [9.17, 15) is 0 Å². The predicted molar refractivity (Wildman–Crippen MR) is 42.8 cm³/mol. The van der Waals surface area contributed by atoms with Crippen LogP contribution in [-0.4, -0.2) is 27.2 Å². The molecule has 0 amide bonds. The molecule has 3 heteroatoms. The maximum absolute atomic E-state index is 8.92. The first-order valence-electron chi connectivity index (χ1n) is 3.39. The van der Waals surface area contributed by atoms with Crippen molar-refractivity contribution in [2.45, 2.75) is 25.2 Å². The zero-order chi connectivity index (χ0) is 8.91. The summed E-state index contributed by atoms with van der Waals surface area (Å²) in [7, 11) is 0. The van der Waals surface area contributed by atoms with Gasteiger partial charge in [0.25, 0.3) is 0 Å². The van der Waals surface area contributed by atoms with Crippen LogP contribution in [0.4, 0.5) is 0 Å². The molecular formula is C8H14O3. The van der Waals surface area contributed by atoms with Gasteiger partial charge in [-0.1, -0.05) is 12.2 Å². The van der Waals surface area contributed by atoms with Crippen LogP contribution >= 0.6 is 0 Å². The fourth-order valence-corrected chi connectivity index (χ4v) is 0.527. The quantitative estimate of drug-likeness (QED) is 0.404. The molecule has 0 heterocycles. The molecule has 0 aromatic rings. The van der Waals surface area contributed by atoms with Crippen molar-refractivity contribution in [1.82, 2.24) is 0 Å². The first-order chi connectivity index (χ1) is 4.95. The summed E-state index contributed by atoms with van der Waals surface area (Å²) >= 11 is 0. The van der Waals surface area contributed by atoms with Crippen LogP contribution in [0.25, 0.3) is 0 Å². The first kappa shape index (κ1) is 10.4. The van der Waals surface area contributed by atoms with Gasteiger partial charge in [-0.15, -0.1) is 6.58 Å². The Morgan fingerprint density at radius 3 is 2.45 bits per heavy atom. The molecule has 0 aromatic carbocycles. The predicted octanol–water partition coefficient (Wildman–Crippen LogP) is 0.180. The van der Waals surface area contributed by atoms with Gasteiger partial charge in [-0.25, -0.2) is 0 Å². The number of aliphatic hydroxyl groups is 3. The van der Waals surface area contributed by atoms with Gasteiger partial charge in [-0.3, -0.25) is 0 Å². The molecule has 3 nitrogen and oxygen atoms in total. The minimum Gasteiger partial charge on any atom is -0.389 e. The van der Waals surface area contributed by atoms with E-state index in [1.165, 1.54) is 25.2 Å². The lowest BCUT2D eigenvalue weighted by atomic mass is 10.2. The lowest BCUT2D eigenvalue weighted by molar-refractivity contribution is -0.101. The van der Waals surface area contributed by atoms with Crippen molar-refractivity contribution in [3.63, 3.8) is 0 Å². The first-order valence-corrected chi connectivity index (χ1v) is 3.39. The van der Waals surface area contributed by atoms with Crippen LogP contribution in [0.3, 0.4) is 0 Å². The Morgan fingerprint density at radius 1 is 1.55 bits per heavy atom. The molecule has 0 aliphatic heterocycles. The molecule has 0 rings (SSSR count). The third-order valence-corrected chi connectivity index (χ3v) is 1.08. The van der Waals surface area contributed by atoms with Crippen molar-refractivity contribution in [3.05, 3.63) is 24.8 Å². The molecule has 11 heavy (non-hydrogen) atoms. The van der Waals surface area contributed by atoms with Gasteiger partial charge < -0.3 is 15.3 Å². The topological polar surface area (TPSA) is 60.7 Å². The molecule has 0 radical (unpaired) electrons. The Morgan fingerprint density at radius 2 is 2.09 bits per heavy atom. The van der Waals surface area contributed by atoms with Crippen molar-refractivity contribution in [2.75, 3.05) is 0 Å². The zero-order valence-electron chi connectivity index (χ0n) is 6.57. The molecule has 0 fully saturated rings. The van der Waals surface area contributed by atoms with E-state index >= 15 is 0 Å². The smallest absolute Gasteiger partial charge is 0.179 e. The monoisotopic (exact) mass is 158 g/mol. The van der Waals surface area contributed by atoms with Gasteiger partial charge in [0.1, 0.15) is 0 Å². The van der Waals surface area contributed by atoms with E-state index in [0.717, 1.165) is 0 Å². The molecule has 1 atom stereocenters. The highest BCUT2D eigenvalue weighted by molar-refractivity contribution is 4.95. The van der Waals surface area contributed by atoms with Crippen molar-refractivity contribution in [3.8, 4) is 0 Å². The van der Waals surface area contributed by atoms with Crippen LogP contribution in [0.5, 0.6) is 0 Å². The molecule has 64 valence electrons. The van der Waals surface area contributed by atoms with Gasteiger partial charge in [-0.05, 0) is 19.4 Å². The summed E-state index contributed by atoms with van der Waals surface area (Å²) in [5.74, 6) is -1.79. The molecule has 1 unspecified atom stereocenters. The molecular weight excluding hydrogens is 144 g/mol. The van der Waals surface area contributed by atoms with E-state index in [-0.39, 0.29) is 0 Å². The zero-order valence-corrected chi connectivity index (χ0v) is 6.57. The van der Waals surface area contributed by atoms with E-state index in [0.29, 0.717) is 6.42 Å². The second-order valence-corrected chi connectivity index (χ2v) is 2.54. The van der Waals surface area contributed by atoms with Crippen LogP contribution in [0.1, 0.15) is 13.3 Å². The molecule has 0 bridgehead atoms. The third-order valence-electron chi connectivity index (χ3n) is 1.08. The van der Waals surface area contributed by atoms with E-state index < -0.39 is 11.9 Å². The summed E-state index contributed by atoms with van der Waals surface area (Å²) in [4.78, 5) is 0. The number of rotatable bonds is 4. The molecule has 0 aliphatic rings. The maximum atomic E-state index is 8.92. The van der Waals surface area contributed by atoms with Gasteiger partial charge >= 0.3 is 0 Å². The molecule has 0 spiro atoms. The summed E-state index contributed by atoms with van der Waals surface area (Å²) in [6, 6.07) is 0. The van der Waals surface area contributed by atoms with Crippen molar-refractivity contribution in [2.24, 2.45) is 0 Å². The lowest BCUT2D eigenvalue weighted by Gasteiger charge is -2.09. The van der Waals surface area contributed by atoms with Gasteiger partial charge in [0.15, 0.2) is 5.79 Å². The third kappa shape index (κ3) is 7.25. The van der Waals surface area contributed by atoms with Crippen LogP contribution < -0.4 is 0 Å². The minimum absolute atomic E-state index is 0.347. The van der Waals surface area contributed by atoms with Crippen LogP contribution in [0.15, 0.2) is 24.8 Å². The molecule has 0 saturated heterocycles. The second kappa shape index (κ2) is 4.28. The van der Waals surface area contributed by atoms with E-state index in [4.69, 9.17) is 15.3 Å². The largest absolute Gasteiger partial charge is 0.389 e. The van der Waals surface area contributed by atoms with Gasteiger partial charge in [0.05, 0.1) is 6.10 Å². The molecule has 0 aromatic heterocycles. The van der Waals surface area contributed by atoms with Crippen LogP contribution in [0, 0.1) is 0 Å². The van der Waals surface area contributed by atoms with Gasteiger partial charge in [0.2, 0.25) is 0 Å². The van der Waals surface area contributed by atoms with E-state index in [1.54, 1.807) is 0 Å². The van der Waals surface area contributed by atoms with Gasteiger partial charge in [-0.2, -0.15) is 0 Å². The Hall–Kier alpha value is -0.640. The van der Waals surface area contributed by atoms with Gasteiger partial charge in [0, 0.05) is 0 Å². The average Bonchev–Trinajstić information content (AvgIpc) is 1.85. The minimum atomic E-state index is -1.79. The van der Waals surface area contributed by atoms with Crippen LogP contribution in [0.2, 0.25) is 0 Å². The molecule has 3 N–H and O–H groups in total. The summed E-state index contributed by atoms with van der Waals surface area (Å²) in [6.07, 6.45) is 3.82. The Kier molecular flexibility index (Phi) is 4.03. The van der Waals surface area contributed by atoms with Crippen molar-refractivity contribution in [1.29, 1.82) is 0 Å². The summed E-state index contributed by atoms with van der Waals surface area (Å²) in [6.45, 7) is 4.61. The van der Waals surface area contributed by atoms with Crippen molar-refractivity contribution < 1.29 is 15.3 Å². The highest BCUT2D eigenvalue weighted by atomic mass is 16.5. The fraction of sp³-hybridized carbons (Fsp3) is 0.500. The average molecular weight is 158 g/mol.